The average molecular weight is 702 g/mol. The van der Waals surface area contributed by atoms with E-state index >= 15 is 0 Å². The van der Waals surface area contributed by atoms with Crippen LogP contribution in [0, 0.1) is 0 Å². The minimum Gasteiger partial charge on any atom is -0.497 e. The molecular weight excluding hydrogens is 655 g/mol. The molecule has 53 heavy (non-hydrogen) atoms. The molecule has 1 aliphatic rings. The predicted molar refractivity (Wildman–Crippen MR) is 219 cm³/mol. The van der Waals surface area contributed by atoms with Gasteiger partial charge in [-0.2, -0.15) is 0 Å². The highest BCUT2D eigenvalue weighted by molar-refractivity contribution is 6.25. The Kier molecular flexibility index (Phi) is 8.10. The quantitative estimate of drug-likeness (QED) is 0.173. The number of fused-ring (bicyclic) bond motifs is 8. The summed E-state index contributed by atoms with van der Waals surface area (Å²) < 4.78 is 27.3. The molecule has 0 saturated heterocycles. The number of para-hydroxylation sites is 1. The molecule has 0 amide bonds. The van der Waals surface area contributed by atoms with Gasteiger partial charge in [0.2, 0.25) is 0 Å². The molecule has 0 fully saturated rings. The van der Waals surface area contributed by atoms with Crippen molar-refractivity contribution in [2.24, 2.45) is 0 Å². The highest BCUT2D eigenvalue weighted by Gasteiger charge is 2.39. The van der Waals surface area contributed by atoms with Crippen LogP contribution >= 0.6 is 0 Å². The summed E-state index contributed by atoms with van der Waals surface area (Å²) in [6.45, 7) is 13.6. The van der Waals surface area contributed by atoms with Crippen LogP contribution in [0.2, 0.25) is 0 Å². The lowest BCUT2D eigenvalue weighted by atomic mass is 9.79. The number of rotatable bonds is 6. The third-order valence-corrected chi connectivity index (χ3v) is 10.8. The maximum absolute atomic E-state index is 7.54. The molecule has 0 bridgehead atoms. The van der Waals surface area contributed by atoms with Crippen molar-refractivity contribution in [2.45, 2.75) is 58.0 Å². The van der Waals surface area contributed by atoms with Crippen molar-refractivity contribution >= 4 is 38.7 Å². The normalized spacial score (nSPS) is 14.0. The van der Waals surface area contributed by atoms with Crippen molar-refractivity contribution < 1.29 is 18.9 Å². The van der Waals surface area contributed by atoms with E-state index < -0.39 is 5.60 Å². The van der Waals surface area contributed by atoms with Crippen LogP contribution in [0.25, 0.3) is 44.3 Å². The van der Waals surface area contributed by atoms with Crippen LogP contribution in [-0.4, -0.2) is 25.9 Å². The summed E-state index contributed by atoms with van der Waals surface area (Å²) in [4.78, 5) is 0. The van der Waals surface area contributed by atoms with Gasteiger partial charge in [-0.05, 0) is 70.8 Å². The number of hydrogen-bond donors (Lipinski definition) is 0. The van der Waals surface area contributed by atoms with Gasteiger partial charge in [0.05, 0.1) is 32.4 Å². The molecular formula is C48H47NO4. The number of benzene rings is 6. The van der Waals surface area contributed by atoms with Crippen molar-refractivity contribution in [1.82, 2.24) is 4.57 Å². The first-order valence-electron chi connectivity index (χ1n) is 18.3. The van der Waals surface area contributed by atoms with Crippen LogP contribution in [0.5, 0.6) is 23.0 Å². The summed E-state index contributed by atoms with van der Waals surface area (Å²) in [5.41, 5.74) is 7.48. The zero-order chi connectivity index (χ0) is 37.3. The van der Waals surface area contributed by atoms with Gasteiger partial charge in [-0.1, -0.05) is 108 Å². The molecule has 6 aromatic carbocycles. The molecule has 7 aromatic rings. The Hall–Kier alpha value is -5.68. The van der Waals surface area contributed by atoms with Gasteiger partial charge in [0.25, 0.3) is 0 Å². The SMILES string of the molecule is COc1ccc(C2(c3ccc(OC)cc3)C=Cc3c(c4ccccc4c4c5ccccc5n(-c5cc(C(C)(C)C)c(OC)c(C(C)(C)C)c5)c34)O2)cc1. The van der Waals surface area contributed by atoms with E-state index in [2.05, 4.69) is 143 Å². The Morgan fingerprint density at radius 2 is 1.09 bits per heavy atom. The van der Waals surface area contributed by atoms with Crippen LogP contribution in [0.3, 0.4) is 0 Å². The molecule has 0 spiro atoms. The van der Waals surface area contributed by atoms with E-state index in [4.69, 9.17) is 18.9 Å². The van der Waals surface area contributed by atoms with Crippen molar-refractivity contribution in [3.8, 4) is 28.7 Å². The molecule has 0 N–H and O–H groups in total. The minimum absolute atomic E-state index is 0.161. The van der Waals surface area contributed by atoms with Crippen LogP contribution in [0.15, 0.2) is 115 Å². The van der Waals surface area contributed by atoms with Gasteiger partial charge in [0, 0.05) is 49.7 Å². The van der Waals surface area contributed by atoms with Gasteiger partial charge < -0.3 is 23.5 Å². The molecule has 0 radical (unpaired) electrons. The van der Waals surface area contributed by atoms with Gasteiger partial charge >= 0.3 is 0 Å². The van der Waals surface area contributed by atoms with E-state index in [1.54, 1.807) is 21.3 Å². The number of aromatic nitrogens is 1. The maximum Gasteiger partial charge on any atom is 0.178 e. The van der Waals surface area contributed by atoms with E-state index in [0.29, 0.717) is 0 Å². The lowest BCUT2D eigenvalue weighted by Gasteiger charge is -2.37. The van der Waals surface area contributed by atoms with Gasteiger partial charge in [-0.3, -0.25) is 0 Å². The first-order chi connectivity index (χ1) is 25.4. The summed E-state index contributed by atoms with van der Waals surface area (Å²) in [7, 11) is 5.17. The molecule has 5 heteroatoms. The number of methoxy groups -OCH3 is 3. The third kappa shape index (κ3) is 5.44. The third-order valence-electron chi connectivity index (χ3n) is 10.8. The van der Waals surface area contributed by atoms with Crippen LogP contribution < -0.4 is 18.9 Å². The van der Waals surface area contributed by atoms with E-state index in [9.17, 15) is 0 Å². The first-order valence-corrected chi connectivity index (χ1v) is 18.3. The molecule has 268 valence electrons. The minimum atomic E-state index is -0.919. The summed E-state index contributed by atoms with van der Waals surface area (Å²) in [5, 5.41) is 4.61. The topological polar surface area (TPSA) is 41.9 Å². The molecule has 8 rings (SSSR count). The van der Waals surface area contributed by atoms with Crippen molar-refractivity contribution in [2.75, 3.05) is 21.3 Å². The predicted octanol–water partition coefficient (Wildman–Crippen LogP) is 11.9. The second kappa shape index (κ2) is 12.5. The fourth-order valence-electron chi connectivity index (χ4n) is 8.08. The first kappa shape index (κ1) is 34.4. The van der Waals surface area contributed by atoms with E-state index in [-0.39, 0.29) is 10.8 Å². The Labute approximate surface area is 312 Å². The lowest BCUT2D eigenvalue weighted by molar-refractivity contribution is 0.163. The zero-order valence-electron chi connectivity index (χ0n) is 32.1. The highest BCUT2D eigenvalue weighted by atomic mass is 16.5. The van der Waals surface area contributed by atoms with Crippen molar-refractivity contribution in [1.29, 1.82) is 0 Å². The standard InChI is InChI=1S/C48H47NO4/c1-46(2,3)39-28-32(29-40(45(39)52-9)47(4,5)6)49-41-17-13-12-16-37(41)42-35-14-10-11-15-36(35)44-38(43(42)49)26-27-48(53-44,30-18-22-33(50-7)23-19-30)31-20-24-34(51-8)25-21-31/h10-29H,1-9H3. The molecule has 0 saturated carbocycles. The molecule has 0 atom stereocenters. The number of nitrogens with zero attached hydrogens (tertiary/aromatic N) is 1. The average Bonchev–Trinajstić information content (AvgIpc) is 3.52. The van der Waals surface area contributed by atoms with E-state index in [1.165, 1.54) is 21.9 Å². The Morgan fingerprint density at radius 3 is 1.60 bits per heavy atom. The zero-order valence-corrected chi connectivity index (χ0v) is 32.1. The summed E-state index contributed by atoms with van der Waals surface area (Å²) in [5.74, 6) is 3.37. The monoisotopic (exact) mass is 701 g/mol. The summed E-state index contributed by atoms with van der Waals surface area (Å²) in [6, 6.07) is 38.4. The van der Waals surface area contributed by atoms with Crippen molar-refractivity contribution in [3.63, 3.8) is 0 Å². The molecule has 0 unspecified atom stereocenters. The molecule has 2 heterocycles. The second-order valence-corrected chi connectivity index (χ2v) is 16.1. The summed E-state index contributed by atoms with van der Waals surface area (Å²) in [6.07, 6.45) is 4.49. The Balaban J connectivity index is 1.50. The maximum atomic E-state index is 7.54. The van der Waals surface area contributed by atoms with Gasteiger partial charge in [0.15, 0.2) is 5.60 Å². The van der Waals surface area contributed by atoms with Gasteiger partial charge in [-0.15, -0.1) is 0 Å². The summed E-state index contributed by atoms with van der Waals surface area (Å²) >= 11 is 0. The van der Waals surface area contributed by atoms with Gasteiger partial charge in [-0.25, -0.2) is 0 Å². The largest absolute Gasteiger partial charge is 0.497 e. The van der Waals surface area contributed by atoms with Crippen LogP contribution in [0.1, 0.15) is 69.4 Å². The lowest BCUT2D eigenvalue weighted by Crippen LogP contribution is -2.34. The van der Waals surface area contributed by atoms with Gasteiger partial charge in [0.1, 0.15) is 23.0 Å². The van der Waals surface area contributed by atoms with Crippen LogP contribution in [-0.2, 0) is 16.4 Å². The second-order valence-electron chi connectivity index (χ2n) is 16.1. The fraction of sp³-hybridized carbons (Fsp3) is 0.250. The number of ether oxygens (including phenoxy) is 4. The molecule has 1 aliphatic heterocycles. The van der Waals surface area contributed by atoms with Crippen LogP contribution in [0.4, 0.5) is 0 Å². The fourth-order valence-corrected chi connectivity index (χ4v) is 8.08. The molecule has 5 nitrogen and oxygen atoms in total. The Bertz CT molecular complexity index is 2460. The Morgan fingerprint density at radius 1 is 0.585 bits per heavy atom. The molecule has 0 aliphatic carbocycles. The van der Waals surface area contributed by atoms with E-state index in [0.717, 1.165) is 67.2 Å². The highest BCUT2D eigenvalue weighted by Crippen LogP contribution is 2.52. The smallest absolute Gasteiger partial charge is 0.178 e. The number of hydrogen-bond acceptors (Lipinski definition) is 4. The van der Waals surface area contributed by atoms with E-state index in [1.807, 2.05) is 24.3 Å². The van der Waals surface area contributed by atoms with Crippen molar-refractivity contribution in [3.05, 3.63) is 143 Å². The molecule has 1 aromatic heterocycles.